The Kier molecular flexibility index (Phi) is 5.97. The van der Waals surface area contributed by atoms with Crippen LogP contribution in [0.25, 0.3) is 0 Å². The molecule has 0 unspecified atom stereocenters. The van der Waals surface area contributed by atoms with Gasteiger partial charge < -0.3 is 5.32 Å². The van der Waals surface area contributed by atoms with Crippen molar-refractivity contribution in [3.05, 3.63) is 63.6 Å². The van der Waals surface area contributed by atoms with E-state index in [2.05, 4.69) is 5.32 Å². The standard InChI is InChI=1S/C16H15Cl2NOS/c1-11-2-4-12(5-3-11)9-19-16(20)10-21-15-8-13(17)6-7-14(15)18/h2-8H,9-10H2,1H3,(H,19,20). The summed E-state index contributed by atoms with van der Waals surface area (Å²) in [7, 11) is 0. The predicted octanol–water partition coefficient (Wildman–Crippen LogP) is 4.71. The van der Waals surface area contributed by atoms with Gasteiger partial charge >= 0.3 is 0 Å². The lowest BCUT2D eigenvalue weighted by Crippen LogP contribution is -2.24. The molecule has 0 aliphatic heterocycles. The first kappa shape index (κ1) is 16.2. The van der Waals surface area contributed by atoms with Crippen molar-refractivity contribution in [1.29, 1.82) is 0 Å². The highest BCUT2D eigenvalue weighted by molar-refractivity contribution is 8.00. The van der Waals surface area contributed by atoms with E-state index < -0.39 is 0 Å². The summed E-state index contributed by atoms with van der Waals surface area (Å²) < 4.78 is 0. The lowest BCUT2D eigenvalue weighted by Gasteiger charge is -2.07. The molecule has 0 aliphatic carbocycles. The zero-order valence-corrected chi connectivity index (χ0v) is 13.9. The van der Waals surface area contributed by atoms with E-state index in [4.69, 9.17) is 23.2 Å². The minimum atomic E-state index is -0.0309. The summed E-state index contributed by atoms with van der Waals surface area (Å²) in [5.41, 5.74) is 2.29. The number of hydrogen-bond donors (Lipinski definition) is 1. The van der Waals surface area contributed by atoms with Crippen LogP contribution in [0.15, 0.2) is 47.4 Å². The van der Waals surface area contributed by atoms with Gasteiger partial charge in [0.05, 0.1) is 10.8 Å². The molecule has 0 spiro atoms. The topological polar surface area (TPSA) is 29.1 Å². The molecule has 1 N–H and O–H groups in total. The van der Waals surface area contributed by atoms with Crippen molar-refractivity contribution in [1.82, 2.24) is 5.32 Å². The maximum atomic E-state index is 11.8. The monoisotopic (exact) mass is 339 g/mol. The largest absolute Gasteiger partial charge is 0.351 e. The lowest BCUT2D eigenvalue weighted by atomic mass is 10.1. The summed E-state index contributed by atoms with van der Waals surface area (Å²) in [4.78, 5) is 12.7. The summed E-state index contributed by atoms with van der Waals surface area (Å²) >= 11 is 13.3. The van der Waals surface area contributed by atoms with Crippen LogP contribution in [0.2, 0.25) is 10.0 Å². The Hall–Kier alpha value is -1.16. The highest BCUT2D eigenvalue weighted by atomic mass is 35.5. The Bertz CT molecular complexity index is 629. The third-order valence-electron chi connectivity index (χ3n) is 2.86. The smallest absolute Gasteiger partial charge is 0.230 e. The molecule has 110 valence electrons. The number of amides is 1. The maximum Gasteiger partial charge on any atom is 0.230 e. The molecule has 0 radical (unpaired) electrons. The van der Waals surface area contributed by atoms with E-state index in [9.17, 15) is 4.79 Å². The molecule has 0 bridgehead atoms. The lowest BCUT2D eigenvalue weighted by molar-refractivity contribution is -0.118. The summed E-state index contributed by atoms with van der Waals surface area (Å²) in [6.07, 6.45) is 0. The van der Waals surface area contributed by atoms with E-state index in [0.29, 0.717) is 22.3 Å². The number of halogens is 2. The van der Waals surface area contributed by atoms with Crippen LogP contribution >= 0.6 is 35.0 Å². The molecule has 0 saturated heterocycles. The molecule has 0 aliphatic rings. The second-order valence-corrected chi connectivity index (χ2v) is 6.49. The van der Waals surface area contributed by atoms with E-state index in [-0.39, 0.29) is 5.91 Å². The molecule has 2 aromatic carbocycles. The van der Waals surface area contributed by atoms with Crippen LogP contribution in [0.3, 0.4) is 0 Å². The average Bonchev–Trinajstić information content (AvgIpc) is 2.47. The third-order valence-corrected chi connectivity index (χ3v) is 4.59. The second-order valence-electron chi connectivity index (χ2n) is 4.63. The molecule has 0 fully saturated rings. The number of carbonyl (C=O) groups is 1. The van der Waals surface area contributed by atoms with Gasteiger partial charge in [-0.05, 0) is 30.7 Å². The number of aryl methyl sites for hydroxylation is 1. The third kappa shape index (κ3) is 5.27. The average molecular weight is 340 g/mol. The van der Waals surface area contributed by atoms with E-state index in [1.807, 2.05) is 31.2 Å². The molecule has 2 rings (SSSR count). The Morgan fingerprint density at radius 2 is 1.86 bits per heavy atom. The fraction of sp³-hybridized carbons (Fsp3) is 0.188. The van der Waals surface area contributed by atoms with Gasteiger partial charge in [0.2, 0.25) is 5.91 Å². The van der Waals surface area contributed by atoms with E-state index in [1.165, 1.54) is 17.3 Å². The minimum absolute atomic E-state index is 0.0309. The van der Waals surface area contributed by atoms with Gasteiger partial charge in [-0.15, -0.1) is 11.8 Å². The van der Waals surface area contributed by atoms with Gasteiger partial charge in [0.15, 0.2) is 0 Å². The normalized spacial score (nSPS) is 10.4. The fourth-order valence-corrected chi connectivity index (χ4v) is 3.01. The van der Waals surface area contributed by atoms with Gasteiger partial charge in [-0.25, -0.2) is 0 Å². The Morgan fingerprint density at radius 3 is 2.57 bits per heavy atom. The quantitative estimate of drug-likeness (QED) is 0.799. The summed E-state index contributed by atoms with van der Waals surface area (Å²) in [5, 5.41) is 4.11. The van der Waals surface area contributed by atoms with Crippen molar-refractivity contribution in [3.63, 3.8) is 0 Å². The van der Waals surface area contributed by atoms with E-state index >= 15 is 0 Å². The van der Waals surface area contributed by atoms with Crippen LogP contribution in [0, 0.1) is 6.92 Å². The Balaban J connectivity index is 1.82. The SMILES string of the molecule is Cc1ccc(CNC(=O)CSc2cc(Cl)ccc2Cl)cc1. The number of thioether (sulfide) groups is 1. The molecular weight excluding hydrogens is 325 g/mol. The first-order valence-corrected chi connectivity index (χ1v) is 8.19. The molecule has 0 atom stereocenters. The molecular formula is C16H15Cl2NOS. The number of rotatable bonds is 5. The van der Waals surface area contributed by atoms with Crippen LogP contribution in [-0.2, 0) is 11.3 Å². The minimum Gasteiger partial charge on any atom is -0.351 e. The van der Waals surface area contributed by atoms with Crippen molar-refractivity contribution in [3.8, 4) is 0 Å². The number of hydrogen-bond acceptors (Lipinski definition) is 2. The van der Waals surface area contributed by atoms with Crippen LogP contribution < -0.4 is 5.32 Å². The van der Waals surface area contributed by atoms with Crippen LogP contribution in [-0.4, -0.2) is 11.7 Å². The number of carbonyl (C=O) groups excluding carboxylic acids is 1. The second kappa shape index (κ2) is 7.74. The van der Waals surface area contributed by atoms with Crippen LogP contribution in [0.4, 0.5) is 0 Å². The first-order chi connectivity index (χ1) is 10.0. The van der Waals surface area contributed by atoms with E-state index in [0.717, 1.165) is 10.5 Å². The molecule has 0 heterocycles. The van der Waals surface area contributed by atoms with Crippen LogP contribution in [0.1, 0.15) is 11.1 Å². The first-order valence-electron chi connectivity index (χ1n) is 6.44. The number of nitrogens with one attached hydrogen (secondary N) is 1. The molecule has 1 amide bonds. The van der Waals surface area contributed by atoms with Crippen LogP contribution in [0.5, 0.6) is 0 Å². The highest BCUT2D eigenvalue weighted by Crippen LogP contribution is 2.29. The van der Waals surface area contributed by atoms with Gasteiger partial charge in [0.1, 0.15) is 0 Å². The van der Waals surface area contributed by atoms with Crippen molar-refractivity contribution in [2.45, 2.75) is 18.4 Å². The zero-order valence-electron chi connectivity index (χ0n) is 11.5. The van der Waals surface area contributed by atoms with Gasteiger partial charge in [-0.1, -0.05) is 53.0 Å². The predicted molar refractivity (Wildman–Crippen MR) is 90.2 cm³/mol. The van der Waals surface area contributed by atoms with Gasteiger partial charge in [-0.3, -0.25) is 4.79 Å². The molecule has 0 saturated carbocycles. The fourth-order valence-electron chi connectivity index (χ4n) is 1.69. The van der Waals surface area contributed by atoms with Gasteiger partial charge in [0, 0.05) is 16.5 Å². The summed E-state index contributed by atoms with van der Waals surface area (Å²) in [6, 6.07) is 13.3. The molecule has 5 heteroatoms. The van der Waals surface area contributed by atoms with Crippen molar-refractivity contribution >= 4 is 40.9 Å². The van der Waals surface area contributed by atoms with E-state index in [1.54, 1.807) is 18.2 Å². The Morgan fingerprint density at radius 1 is 1.14 bits per heavy atom. The zero-order chi connectivity index (χ0) is 15.2. The highest BCUT2D eigenvalue weighted by Gasteiger charge is 2.06. The van der Waals surface area contributed by atoms with Crippen molar-refractivity contribution in [2.75, 3.05) is 5.75 Å². The Labute approximate surface area is 138 Å². The van der Waals surface area contributed by atoms with Crippen molar-refractivity contribution < 1.29 is 4.79 Å². The maximum absolute atomic E-state index is 11.8. The number of benzene rings is 2. The molecule has 0 aromatic heterocycles. The van der Waals surface area contributed by atoms with Gasteiger partial charge in [0.25, 0.3) is 0 Å². The molecule has 2 nitrogen and oxygen atoms in total. The summed E-state index contributed by atoms with van der Waals surface area (Å²) in [6.45, 7) is 2.57. The summed E-state index contributed by atoms with van der Waals surface area (Å²) in [5.74, 6) is 0.281. The van der Waals surface area contributed by atoms with Gasteiger partial charge in [-0.2, -0.15) is 0 Å². The molecule has 2 aromatic rings. The molecule has 21 heavy (non-hydrogen) atoms. The van der Waals surface area contributed by atoms with Crippen molar-refractivity contribution in [2.24, 2.45) is 0 Å².